The van der Waals surface area contributed by atoms with Crippen LogP contribution in [-0.2, 0) is 6.54 Å². The molecular formula is C11H8N6O3. The Labute approximate surface area is 111 Å². The van der Waals surface area contributed by atoms with Gasteiger partial charge in [0.25, 0.3) is 0 Å². The normalized spacial score (nSPS) is 10.6. The highest BCUT2D eigenvalue weighted by atomic mass is 16.5. The van der Waals surface area contributed by atoms with Gasteiger partial charge in [0.2, 0.25) is 5.89 Å². The summed E-state index contributed by atoms with van der Waals surface area (Å²) in [7, 11) is 0. The van der Waals surface area contributed by atoms with Gasteiger partial charge in [0.05, 0.1) is 0 Å². The monoisotopic (exact) mass is 272 g/mol. The van der Waals surface area contributed by atoms with Gasteiger partial charge in [0, 0.05) is 18.0 Å². The molecule has 1 N–H and O–H groups in total. The average Bonchev–Trinajstić information content (AvgIpc) is 3.09. The van der Waals surface area contributed by atoms with Crippen LogP contribution in [0, 0.1) is 0 Å². The summed E-state index contributed by atoms with van der Waals surface area (Å²) in [4.78, 5) is 19.1. The van der Waals surface area contributed by atoms with Gasteiger partial charge in [-0.3, -0.25) is 4.98 Å². The van der Waals surface area contributed by atoms with Gasteiger partial charge in [-0.15, -0.1) is 5.10 Å². The number of carbonyl (C=O) groups is 1. The Hall–Kier alpha value is -3.10. The maximum Gasteiger partial charge on any atom is 0.358 e. The Morgan fingerprint density at radius 2 is 2.35 bits per heavy atom. The van der Waals surface area contributed by atoms with Crippen LogP contribution in [0.25, 0.3) is 11.3 Å². The van der Waals surface area contributed by atoms with E-state index in [0.29, 0.717) is 17.1 Å². The number of hydrogen-bond donors (Lipinski definition) is 1. The molecule has 9 nitrogen and oxygen atoms in total. The van der Waals surface area contributed by atoms with E-state index in [-0.39, 0.29) is 12.2 Å². The van der Waals surface area contributed by atoms with Crippen molar-refractivity contribution in [3.05, 3.63) is 42.4 Å². The number of carboxylic acid groups (broad SMARTS) is 1. The van der Waals surface area contributed by atoms with Gasteiger partial charge >= 0.3 is 5.97 Å². The van der Waals surface area contributed by atoms with Crippen molar-refractivity contribution in [1.29, 1.82) is 0 Å². The minimum Gasteiger partial charge on any atom is -0.476 e. The molecule has 9 heteroatoms. The summed E-state index contributed by atoms with van der Waals surface area (Å²) >= 11 is 0. The van der Waals surface area contributed by atoms with Crippen molar-refractivity contribution < 1.29 is 14.4 Å². The lowest BCUT2D eigenvalue weighted by Crippen LogP contribution is -2.06. The fraction of sp³-hybridized carbons (Fsp3) is 0.0909. The lowest BCUT2D eigenvalue weighted by molar-refractivity contribution is 0.0691. The molecule has 3 aromatic heterocycles. The highest BCUT2D eigenvalue weighted by molar-refractivity contribution is 5.92. The third-order valence-corrected chi connectivity index (χ3v) is 2.56. The van der Waals surface area contributed by atoms with Gasteiger partial charge in [0.1, 0.15) is 12.2 Å². The molecule has 0 bridgehead atoms. The van der Waals surface area contributed by atoms with Crippen molar-refractivity contribution in [3.63, 3.8) is 0 Å². The lowest BCUT2D eigenvalue weighted by atomic mass is 10.1. The first-order valence-corrected chi connectivity index (χ1v) is 5.58. The summed E-state index contributed by atoms with van der Waals surface area (Å²) in [6.07, 6.45) is 4.39. The second-order valence-corrected chi connectivity index (χ2v) is 3.83. The van der Waals surface area contributed by atoms with Crippen molar-refractivity contribution in [3.8, 4) is 11.3 Å². The smallest absolute Gasteiger partial charge is 0.358 e. The average molecular weight is 272 g/mol. The summed E-state index contributed by atoms with van der Waals surface area (Å²) in [6, 6.07) is 3.42. The second kappa shape index (κ2) is 4.88. The molecule has 0 radical (unpaired) electrons. The number of hydrogen-bond acceptors (Lipinski definition) is 7. The molecule has 0 aliphatic heterocycles. The third-order valence-electron chi connectivity index (χ3n) is 2.56. The minimum absolute atomic E-state index is 0.129. The standard InChI is InChI=1S/C11H8N6O3/c18-11(19)9-10(7-2-1-3-12-4-7)17(16-15-9)5-8-13-6-14-20-8/h1-4,6H,5H2,(H,18,19). The molecule has 0 aliphatic carbocycles. The number of carboxylic acids is 1. The van der Waals surface area contributed by atoms with Gasteiger partial charge in [0.15, 0.2) is 12.0 Å². The number of nitrogens with zero attached hydrogens (tertiary/aromatic N) is 6. The van der Waals surface area contributed by atoms with Gasteiger partial charge in [-0.25, -0.2) is 9.48 Å². The fourth-order valence-corrected chi connectivity index (χ4v) is 1.75. The highest BCUT2D eigenvalue weighted by Gasteiger charge is 2.21. The van der Waals surface area contributed by atoms with Gasteiger partial charge in [-0.1, -0.05) is 10.4 Å². The van der Waals surface area contributed by atoms with Crippen LogP contribution in [0.2, 0.25) is 0 Å². The van der Waals surface area contributed by atoms with Crippen LogP contribution in [0.4, 0.5) is 0 Å². The van der Waals surface area contributed by atoms with Crippen molar-refractivity contribution in [2.24, 2.45) is 0 Å². The maximum atomic E-state index is 11.2. The van der Waals surface area contributed by atoms with E-state index in [4.69, 9.17) is 4.52 Å². The SMILES string of the molecule is O=C(O)c1nnn(Cc2ncno2)c1-c1cccnc1. The third kappa shape index (κ3) is 2.11. The Kier molecular flexibility index (Phi) is 2.92. The predicted octanol–water partition coefficient (Wildman–Crippen LogP) is 0.470. The number of aromatic nitrogens is 6. The van der Waals surface area contributed by atoms with E-state index in [1.807, 2.05) is 0 Å². The van der Waals surface area contributed by atoms with E-state index in [0.717, 1.165) is 0 Å². The fourth-order valence-electron chi connectivity index (χ4n) is 1.75. The van der Waals surface area contributed by atoms with E-state index in [2.05, 4.69) is 25.4 Å². The maximum absolute atomic E-state index is 11.2. The first-order valence-electron chi connectivity index (χ1n) is 5.58. The zero-order chi connectivity index (χ0) is 13.9. The highest BCUT2D eigenvalue weighted by Crippen LogP contribution is 2.21. The second-order valence-electron chi connectivity index (χ2n) is 3.83. The van der Waals surface area contributed by atoms with Crippen LogP contribution in [0.5, 0.6) is 0 Å². The number of rotatable bonds is 4. The molecule has 3 rings (SSSR count). The van der Waals surface area contributed by atoms with Crippen molar-refractivity contribution in [2.45, 2.75) is 6.54 Å². The summed E-state index contributed by atoms with van der Waals surface area (Å²) in [5.41, 5.74) is 0.774. The first-order chi connectivity index (χ1) is 9.75. The van der Waals surface area contributed by atoms with E-state index in [9.17, 15) is 9.90 Å². The van der Waals surface area contributed by atoms with Crippen LogP contribution in [0.1, 0.15) is 16.4 Å². The van der Waals surface area contributed by atoms with E-state index in [1.165, 1.54) is 17.2 Å². The molecule has 3 aromatic rings. The molecule has 0 spiro atoms. The van der Waals surface area contributed by atoms with E-state index < -0.39 is 5.97 Å². The molecule has 0 amide bonds. The van der Waals surface area contributed by atoms with Crippen molar-refractivity contribution >= 4 is 5.97 Å². The largest absolute Gasteiger partial charge is 0.476 e. The first kappa shape index (κ1) is 12.0. The molecule has 0 fully saturated rings. The zero-order valence-electron chi connectivity index (χ0n) is 10.0. The van der Waals surface area contributed by atoms with Crippen LogP contribution in [0.15, 0.2) is 35.4 Å². The summed E-state index contributed by atoms with van der Waals surface area (Å²) < 4.78 is 6.27. The Morgan fingerprint density at radius 3 is 3.00 bits per heavy atom. The minimum atomic E-state index is -1.17. The summed E-state index contributed by atoms with van der Waals surface area (Å²) in [5.74, 6) is -0.863. The summed E-state index contributed by atoms with van der Waals surface area (Å²) in [6.45, 7) is 0.129. The Morgan fingerprint density at radius 1 is 1.45 bits per heavy atom. The van der Waals surface area contributed by atoms with E-state index >= 15 is 0 Å². The molecule has 0 aromatic carbocycles. The van der Waals surface area contributed by atoms with Crippen molar-refractivity contribution in [1.82, 2.24) is 30.1 Å². The van der Waals surface area contributed by atoms with Crippen molar-refractivity contribution in [2.75, 3.05) is 0 Å². The molecule has 100 valence electrons. The van der Waals surface area contributed by atoms with Crippen LogP contribution in [0.3, 0.4) is 0 Å². The molecule has 0 unspecified atom stereocenters. The quantitative estimate of drug-likeness (QED) is 0.727. The Balaban J connectivity index is 2.09. The molecule has 0 saturated carbocycles. The lowest BCUT2D eigenvalue weighted by Gasteiger charge is -2.04. The molecule has 0 atom stereocenters. The van der Waals surface area contributed by atoms with Gasteiger partial charge in [-0.2, -0.15) is 4.98 Å². The van der Waals surface area contributed by atoms with Crippen LogP contribution >= 0.6 is 0 Å². The van der Waals surface area contributed by atoms with Gasteiger partial charge < -0.3 is 9.63 Å². The van der Waals surface area contributed by atoms with Gasteiger partial charge in [-0.05, 0) is 12.1 Å². The molecule has 3 heterocycles. The summed E-state index contributed by atoms with van der Waals surface area (Å²) in [5, 5.41) is 20.2. The number of pyridine rings is 1. The molecular weight excluding hydrogens is 264 g/mol. The predicted molar refractivity (Wildman–Crippen MR) is 63.6 cm³/mol. The topological polar surface area (TPSA) is 120 Å². The van der Waals surface area contributed by atoms with Crippen LogP contribution < -0.4 is 0 Å². The molecule has 0 saturated heterocycles. The Bertz CT molecular complexity index is 722. The number of aromatic carboxylic acids is 1. The van der Waals surface area contributed by atoms with Crippen LogP contribution in [-0.4, -0.2) is 41.2 Å². The zero-order valence-corrected chi connectivity index (χ0v) is 10.0. The molecule has 0 aliphatic rings. The van der Waals surface area contributed by atoms with E-state index in [1.54, 1.807) is 18.3 Å². The molecule has 20 heavy (non-hydrogen) atoms.